The Bertz CT molecular complexity index is 647. The zero-order chi connectivity index (χ0) is 15.4. The summed E-state index contributed by atoms with van der Waals surface area (Å²) >= 11 is 7.36. The highest BCUT2D eigenvalue weighted by Gasteiger charge is 2.13. The average molecular weight is 327 g/mol. The zero-order valence-electron chi connectivity index (χ0n) is 11.9. The fraction of sp³-hybridized carbons (Fsp3) is 0.308. The largest absolute Gasteiger partial charge is 0.495 e. The molecule has 0 radical (unpaired) electrons. The fourth-order valence-corrected chi connectivity index (χ4v) is 2.51. The van der Waals surface area contributed by atoms with Crippen LogP contribution in [0.2, 0.25) is 5.02 Å². The van der Waals surface area contributed by atoms with Crippen molar-refractivity contribution in [2.45, 2.75) is 6.92 Å². The van der Waals surface area contributed by atoms with E-state index in [2.05, 4.69) is 15.5 Å². The van der Waals surface area contributed by atoms with Crippen LogP contribution in [0.4, 0.5) is 10.8 Å². The first-order chi connectivity index (χ1) is 9.99. The van der Waals surface area contributed by atoms with Crippen molar-refractivity contribution in [3.05, 3.63) is 28.2 Å². The van der Waals surface area contributed by atoms with Gasteiger partial charge in [0.1, 0.15) is 10.8 Å². The summed E-state index contributed by atoms with van der Waals surface area (Å²) in [5.41, 5.74) is 0.539. The average Bonchev–Trinajstić information content (AvgIpc) is 2.85. The van der Waals surface area contributed by atoms with Crippen LogP contribution >= 0.6 is 22.9 Å². The minimum Gasteiger partial charge on any atom is -0.495 e. The van der Waals surface area contributed by atoms with E-state index in [4.69, 9.17) is 16.3 Å². The summed E-state index contributed by atoms with van der Waals surface area (Å²) in [6.07, 6.45) is 0. The Morgan fingerprint density at radius 3 is 2.86 bits per heavy atom. The Balaban J connectivity index is 2.03. The molecule has 0 saturated carbocycles. The first-order valence-electron chi connectivity index (χ1n) is 6.14. The molecule has 0 aliphatic heterocycles. The van der Waals surface area contributed by atoms with E-state index in [1.165, 1.54) is 18.4 Å². The molecular weight excluding hydrogens is 312 g/mol. The van der Waals surface area contributed by atoms with Gasteiger partial charge in [0, 0.05) is 12.1 Å². The van der Waals surface area contributed by atoms with Crippen molar-refractivity contribution < 1.29 is 9.53 Å². The molecule has 6 nitrogen and oxygen atoms in total. The number of anilines is 2. The summed E-state index contributed by atoms with van der Waals surface area (Å²) in [5, 5.41) is 12.8. The van der Waals surface area contributed by atoms with E-state index >= 15 is 0 Å². The highest BCUT2D eigenvalue weighted by molar-refractivity contribution is 7.15. The van der Waals surface area contributed by atoms with Crippen LogP contribution in [-0.4, -0.2) is 36.8 Å². The Kier molecular flexibility index (Phi) is 4.98. The van der Waals surface area contributed by atoms with E-state index in [1.807, 2.05) is 6.92 Å². The highest BCUT2D eigenvalue weighted by atomic mass is 35.5. The maximum absolute atomic E-state index is 12.1. The number of likely N-dealkylation sites (N-methyl/N-ethyl adjacent to an activating group) is 1. The van der Waals surface area contributed by atoms with Gasteiger partial charge >= 0.3 is 0 Å². The molecule has 21 heavy (non-hydrogen) atoms. The molecule has 2 rings (SSSR count). The minimum absolute atomic E-state index is 0.157. The lowest BCUT2D eigenvalue weighted by molar-refractivity contribution is -0.114. The van der Waals surface area contributed by atoms with Crippen LogP contribution in [0.3, 0.4) is 0 Å². The summed E-state index contributed by atoms with van der Waals surface area (Å²) < 4.78 is 5.19. The van der Waals surface area contributed by atoms with Crippen molar-refractivity contribution >= 4 is 39.7 Å². The number of amides is 1. The van der Waals surface area contributed by atoms with Gasteiger partial charge in [-0.1, -0.05) is 22.9 Å². The van der Waals surface area contributed by atoms with E-state index in [0.717, 1.165) is 5.01 Å². The van der Waals surface area contributed by atoms with Crippen molar-refractivity contribution in [2.75, 3.05) is 30.9 Å². The molecule has 0 unspecified atom stereocenters. The van der Waals surface area contributed by atoms with Crippen molar-refractivity contribution in [2.24, 2.45) is 0 Å². The third-order valence-electron chi connectivity index (χ3n) is 2.66. The topological polar surface area (TPSA) is 67.3 Å². The van der Waals surface area contributed by atoms with Gasteiger partial charge in [-0.15, -0.1) is 10.2 Å². The van der Waals surface area contributed by atoms with Gasteiger partial charge in [0.15, 0.2) is 0 Å². The molecule has 0 spiro atoms. The predicted octanol–water partition coefficient (Wildman–Crippen LogP) is 2.58. The number of hydrogen-bond acceptors (Lipinski definition) is 6. The predicted molar refractivity (Wildman–Crippen MR) is 84.5 cm³/mol. The fourth-order valence-electron chi connectivity index (χ4n) is 1.69. The first kappa shape index (κ1) is 15.5. The van der Waals surface area contributed by atoms with Crippen LogP contribution in [0, 0.1) is 6.92 Å². The Morgan fingerprint density at radius 1 is 1.48 bits per heavy atom. The van der Waals surface area contributed by atoms with Crippen LogP contribution in [0.5, 0.6) is 5.75 Å². The lowest BCUT2D eigenvalue weighted by atomic mass is 10.3. The summed E-state index contributed by atoms with van der Waals surface area (Å²) in [5.74, 6) is 0.369. The number of hydrogen-bond donors (Lipinski definition) is 1. The first-order valence-corrected chi connectivity index (χ1v) is 7.33. The molecule has 112 valence electrons. The molecule has 1 aromatic carbocycles. The smallest absolute Gasteiger partial charge is 0.244 e. The van der Waals surface area contributed by atoms with Crippen LogP contribution in [0.25, 0.3) is 0 Å². The van der Waals surface area contributed by atoms with Crippen LogP contribution in [-0.2, 0) is 4.79 Å². The zero-order valence-corrected chi connectivity index (χ0v) is 13.5. The Hall–Kier alpha value is -1.86. The number of methoxy groups -OCH3 is 1. The number of aryl methyl sites for hydroxylation is 1. The van der Waals surface area contributed by atoms with Gasteiger partial charge in [-0.05, 0) is 25.1 Å². The van der Waals surface area contributed by atoms with Gasteiger partial charge < -0.3 is 15.0 Å². The molecule has 0 atom stereocenters. The van der Waals surface area contributed by atoms with E-state index in [9.17, 15) is 4.79 Å². The van der Waals surface area contributed by atoms with Crippen LogP contribution in [0.1, 0.15) is 5.01 Å². The number of carbonyl (C=O) groups excluding carboxylic acids is 1. The van der Waals surface area contributed by atoms with Crippen molar-refractivity contribution in [3.63, 3.8) is 0 Å². The van der Waals surface area contributed by atoms with E-state index in [1.54, 1.807) is 30.1 Å². The number of nitrogens with one attached hydrogen (secondary N) is 1. The molecule has 0 saturated heterocycles. The van der Waals surface area contributed by atoms with E-state index in [-0.39, 0.29) is 12.5 Å². The third kappa shape index (κ3) is 4.05. The maximum Gasteiger partial charge on any atom is 0.244 e. The van der Waals surface area contributed by atoms with Gasteiger partial charge in [-0.3, -0.25) is 4.79 Å². The lowest BCUT2D eigenvalue weighted by Gasteiger charge is -2.16. The normalized spacial score (nSPS) is 10.3. The highest BCUT2D eigenvalue weighted by Crippen LogP contribution is 2.27. The van der Waals surface area contributed by atoms with Crippen molar-refractivity contribution in [1.29, 1.82) is 0 Å². The molecule has 1 heterocycles. The Labute approximate surface area is 131 Å². The van der Waals surface area contributed by atoms with Crippen molar-refractivity contribution in [1.82, 2.24) is 10.2 Å². The third-order valence-corrected chi connectivity index (χ3v) is 3.85. The molecule has 1 N–H and O–H groups in total. The van der Waals surface area contributed by atoms with Crippen LogP contribution < -0.4 is 15.0 Å². The van der Waals surface area contributed by atoms with E-state index in [0.29, 0.717) is 21.6 Å². The Morgan fingerprint density at radius 2 is 2.24 bits per heavy atom. The summed E-state index contributed by atoms with van der Waals surface area (Å²) in [6.45, 7) is 2.02. The molecule has 0 aliphatic carbocycles. The van der Waals surface area contributed by atoms with Gasteiger partial charge in [0.05, 0.1) is 19.3 Å². The number of rotatable bonds is 5. The summed E-state index contributed by atoms with van der Waals surface area (Å²) in [4.78, 5) is 13.8. The van der Waals surface area contributed by atoms with Gasteiger partial charge in [0.2, 0.25) is 11.0 Å². The number of aromatic nitrogens is 2. The molecule has 1 amide bonds. The number of carbonyl (C=O) groups is 1. The molecule has 8 heteroatoms. The second-order valence-corrected chi connectivity index (χ2v) is 5.95. The number of ether oxygens (including phenoxy) is 1. The quantitative estimate of drug-likeness (QED) is 0.914. The number of halogens is 1. The summed E-state index contributed by atoms with van der Waals surface area (Å²) in [7, 11) is 3.32. The SMILES string of the molecule is COc1ccc(Cl)cc1NC(=O)CN(C)c1nnc(C)s1. The molecule has 0 bridgehead atoms. The van der Waals surface area contributed by atoms with Gasteiger partial charge in [-0.25, -0.2) is 0 Å². The number of benzene rings is 1. The molecule has 0 aliphatic rings. The minimum atomic E-state index is -0.189. The molecular formula is C13H15ClN4O2S. The maximum atomic E-state index is 12.1. The second kappa shape index (κ2) is 6.73. The van der Waals surface area contributed by atoms with E-state index < -0.39 is 0 Å². The number of nitrogens with zero attached hydrogens (tertiary/aromatic N) is 3. The summed E-state index contributed by atoms with van der Waals surface area (Å²) in [6, 6.07) is 5.05. The lowest BCUT2D eigenvalue weighted by Crippen LogP contribution is -2.30. The monoisotopic (exact) mass is 326 g/mol. The molecule has 0 fully saturated rings. The second-order valence-electron chi connectivity index (χ2n) is 4.35. The van der Waals surface area contributed by atoms with Gasteiger partial charge in [0.25, 0.3) is 0 Å². The molecule has 1 aromatic heterocycles. The van der Waals surface area contributed by atoms with Crippen LogP contribution in [0.15, 0.2) is 18.2 Å². The standard InChI is InChI=1S/C13H15ClN4O2S/c1-8-16-17-13(21-8)18(2)7-12(19)15-10-6-9(14)4-5-11(10)20-3/h4-6H,7H2,1-3H3,(H,15,19). The molecule has 2 aromatic rings. The van der Waals surface area contributed by atoms with Crippen molar-refractivity contribution in [3.8, 4) is 5.75 Å². The van der Waals surface area contributed by atoms with Gasteiger partial charge in [-0.2, -0.15) is 0 Å².